The maximum absolute atomic E-state index is 14.1. The van der Waals surface area contributed by atoms with E-state index in [0.717, 1.165) is 18.2 Å². The van der Waals surface area contributed by atoms with Crippen LogP contribution in [0.4, 0.5) is 22.0 Å². The van der Waals surface area contributed by atoms with E-state index in [-0.39, 0.29) is 56.2 Å². The summed E-state index contributed by atoms with van der Waals surface area (Å²) in [6.07, 6.45) is -1.43. The molecule has 0 radical (unpaired) electrons. The molecule has 0 unspecified atom stereocenters. The maximum atomic E-state index is 14.1. The van der Waals surface area contributed by atoms with Crippen LogP contribution >= 0.6 is 0 Å². The molecular formula is C27H17F5N4O3. The number of nitrogens with zero attached hydrogens (tertiary/aromatic N) is 2. The highest BCUT2D eigenvalue weighted by atomic mass is 19.4. The molecule has 4 aromatic heterocycles. The van der Waals surface area contributed by atoms with Crippen molar-refractivity contribution >= 4 is 10.9 Å². The second-order valence-corrected chi connectivity index (χ2v) is 8.63. The average molecular weight is 540 g/mol. The lowest BCUT2D eigenvalue weighted by Gasteiger charge is -2.18. The molecule has 0 amide bonds. The zero-order valence-electron chi connectivity index (χ0n) is 20.2. The smallest absolute Gasteiger partial charge is 0.418 e. The molecule has 0 aliphatic heterocycles. The van der Waals surface area contributed by atoms with E-state index in [1.165, 1.54) is 44.4 Å². The summed E-state index contributed by atoms with van der Waals surface area (Å²) in [5.74, 6) is -2.84. The van der Waals surface area contributed by atoms with E-state index in [4.69, 9.17) is 4.74 Å². The number of fused-ring (bicyclic) bond motifs is 1. The van der Waals surface area contributed by atoms with Gasteiger partial charge in [0.05, 0.1) is 33.4 Å². The number of alkyl halides is 3. The molecule has 0 fully saturated rings. The zero-order chi connectivity index (χ0) is 28.1. The Hall–Kier alpha value is -4.87. The van der Waals surface area contributed by atoms with Crippen LogP contribution in [-0.2, 0) is 6.18 Å². The lowest BCUT2D eigenvalue weighted by atomic mass is 10.00. The lowest BCUT2D eigenvalue weighted by Crippen LogP contribution is -2.12. The molecule has 0 bridgehead atoms. The van der Waals surface area contributed by atoms with Crippen molar-refractivity contribution in [2.45, 2.75) is 20.0 Å². The van der Waals surface area contributed by atoms with Crippen LogP contribution < -0.4 is 15.7 Å². The second-order valence-electron chi connectivity index (χ2n) is 8.63. The molecule has 2 N–H and O–H groups in total. The Labute approximate surface area is 216 Å². The second kappa shape index (κ2) is 9.46. The minimum atomic E-state index is -4.78. The van der Waals surface area contributed by atoms with Crippen LogP contribution in [0.3, 0.4) is 0 Å². The maximum Gasteiger partial charge on any atom is 0.418 e. The number of hydrogen-bond donors (Lipinski definition) is 2. The highest BCUT2D eigenvalue weighted by molar-refractivity contribution is 5.93. The average Bonchev–Trinajstić information content (AvgIpc) is 2.88. The monoisotopic (exact) mass is 540 g/mol. The Kier molecular flexibility index (Phi) is 6.25. The van der Waals surface area contributed by atoms with Gasteiger partial charge in [0.2, 0.25) is 11.4 Å². The van der Waals surface area contributed by atoms with Crippen LogP contribution in [-0.4, -0.2) is 19.9 Å². The quantitative estimate of drug-likeness (QED) is 0.271. The fourth-order valence-electron chi connectivity index (χ4n) is 4.22. The number of ether oxygens (including phenoxy) is 1. The summed E-state index contributed by atoms with van der Waals surface area (Å²) in [5.41, 5.74) is -1.88. The van der Waals surface area contributed by atoms with Gasteiger partial charge in [0.15, 0.2) is 17.1 Å². The predicted molar refractivity (Wildman–Crippen MR) is 133 cm³/mol. The molecule has 4 heterocycles. The van der Waals surface area contributed by atoms with Crippen LogP contribution in [0, 0.1) is 25.5 Å². The SMILES string of the molecule is Cc1c(Oc2ncc(C(F)(F)F)c(C)c2-c2cc(=O)c3c(-c4ccc(=O)[nH]c4)nccc3[nH]2)ccc(F)c1F. The molecule has 5 rings (SSSR count). The Morgan fingerprint density at radius 2 is 1.72 bits per heavy atom. The van der Waals surface area contributed by atoms with Gasteiger partial charge in [-0.25, -0.2) is 13.8 Å². The van der Waals surface area contributed by atoms with Crippen molar-refractivity contribution < 1.29 is 26.7 Å². The number of aromatic nitrogens is 4. The fraction of sp³-hybridized carbons (Fsp3) is 0.111. The number of pyridine rings is 4. The third-order valence-corrected chi connectivity index (χ3v) is 6.17. The number of rotatable bonds is 4. The molecule has 12 heteroatoms. The van der Waals surface area contributed by atoms with Gasteiger partial charge in [-0.15, -0.1) is 0 Å². The summed E-state index contributed by atoms with van der Waals surface area (Å²) in [7, 11) is 0. The number of halogens is 5. The topological polar surface area (TPSA) is 101 Å². The Balaban J connectivity index is 1.74. The number of H-pyrrole nitrogens is 2. The summed E-state index contributed by atoms with van der Waals surface area (Å²) in [5, 5.41) is 0.129. The van der Waals surface area contributed by atoms with E-state index in [1.54, 1.807) is 0 Å². The van der Waals surface area contributed by atoms with Gasteiger partial charge in [0, 0.05) is 41.9 Å². The standard InChI is InChI=1S/C27H17F5N4O3/c1-12-15(27(30,31)32)11-35-26(39-20-5-4-16(28)24(29)13(20)2)22(12)18-9-19(37)23-17(36-18)7-8-33-25(23)14-3-6-21(38)34-10-14/h3-11H,1-2H3,(H,34,38)(H,36,37). The van der Waals surface area contributed by atoms with Crippen molar-refractivity contribution in [3.63, 3.8) is 0 Å². The summed E-state index contributed by atoms with van der Waals surface area (Å²) in [6.45, 7) is 2.43. The Morgan fingerprint density at radius 3 is 2.41 bits per heavy atom. The van der Waals surface area contributed by atoms with E-state index in [0.29, 0.717) is 11.8 Å². The molecule has 7 nitrogen and oxygen atoms in total. The first-order chi connectivity index (χ1) is 18.5. The van der Waals surface area contributed by atoms with Gasteiger partial charge < -0.3 is 14.7 Å². The largest absolute Gasteiger partial charge is 0.438 e. The molecule has 0 spiro atoms. The summed E-state index contributed by atoms with van der Waals surface area (Å²) in [6, 6.07) is 7.22. The van der Waals surface area contributed by atoms with E-state index >= 15 is 0 Å². The summed E-state index contributed by atoms with van der Waals surface area (Å²) < 4.78 is 74.8. The molecule has 5 aromatic rings. The first-order valence-electron chi connectivity index (χ1n) is 11.4. The van der Waals surface area contributed by atoms with E-state index in [2.05, 4.69) is 19.9 Å². The zero-order valence-corrected chi connectivity index (χ0v) is 20.2. The number of aromatic amines is 2. The first kappa shape index (κ1) is 25.8. The van der Waals surface area contributed by atoms with Gasteiger partial charge in [-0.05, 0) is 43.7 Å². The Bertz CT molecular complexity index is 1860. The molecule has 0 aliphatic carbocycles. The minimum Gasteiger partial charge on any atom is -0.438 e. The highest BCUT2D eigenvalue weighted by Gasteiger charge is 2.35. The number of nitrogens with one attached hydrogen (secondary N) is 2. The van der Waals surface area contributed by atoms with E-state index in [9.17, 15) is 31.5 Å². The molecule has 0 saturated carbocycles. The molecule has 0 saturated heterocycles. The summed E-state index contributed by atoms with van der Waals surface area (Å²) >= 11 is 0. The number of benzene rings is 1. The summed E-state index contributed by atoms with van der Waals surface area (Å²) in [4.78, 5) is 38.3. The predicted octanol–water partition coefficient (Wildman–Crippen LogP) is 6.05. The molecule has 1 aromatic carbocycles. The van der Waals surface area contributed by atoms with Crippen molar-refractivity contribution in [1.29, 1.82) is 0 Å². The van der Waals surface area contributed by atoms with Gasteiger partial charge in [0.1, 0.15) is 5.75 Å². The van der Waals surface area contributed by atoms with Gasteiger partial charge in [0.25, 0.3) is 0 Å². The van der Waals surface area contributed by atoms with Crippen molar-refractivity contribution in [2.75, 3.05) is 0 Å². The third kappa shape index (κ3) is 4.65. The van der Waals surface area contributed by atoms with Crippen LogP contribution in [0.5, 0.6) is 11.6 Å². The van der Waals surface area contributed by atoms with Crippen molar-refractivity contribution in [1.82, 2.24) is 19.9 Å². The molecule has 39 heavy (non-hydrogen) atoms. The lowest BCUT2D eigenvalue weighted by molar-refractivity contribution is -0.138. The minimum absolute atomic E-state index is 0.0579. The molecular weight excluding hydrogens is 523 g/mol. The highest BCUT2D eigenvalue weighted by Crippen LogP contribution is 2.41. The fourth-order valence-corrected chi connectivity index (χ4v) is 4.22. The van der Waals surface area contributed by atoms with E-state index in [1.807, 2.05) is 0 Å². The third-order valence-electron chi connectivity index (χ3n) is 6.17. The van der Waals surface area contributed by atoms with Gasteiger partial charge in [-0.3, -0.25) is 14.6 Å². The number of hydrogen-bond acceptors (Lipinski definition) is 5. The van der Waals surface area contributed by atoms with Crippen molar-refractivity contribution in [3.8, 4) is 34.1 Å². The van der Waals surface area contributed by atoms with Gasteiger partial charge >= 0.3 is 6.18 Å². The van der Waals surface area contributed by atoms with Crippen LogP contribution in [0.25, 0.3) is 33.4 Å². The van der Waals surface area contributed by atoms with Gasteiger partial charge in [-0.2, -0.15) is 13.2 Å². The molecule has 0 atom stereocenters. The van der Waals surface area contributed by atoms with Crippen molar-refractivity contribution in [2.24, 2.45) is 0 Å². The first-order valence-corrected chi connectivity index (χ1v) is 11.4. The van der Waals surface area contributed by atoms with Crippen molar-refractivity contribution in [3.05, 3.63) is 104 Å². The van der Waals surface area contributed by atoms with Crippen LogP contribution in [0.2, 0.25) is 0 Å². The van der Waals surface area contributed by atoms with E-state index < -0.39 is 28.8 Å². The Morgan fingerprint density at radius 1 is 0.949 bits per heavy atom. The molecule has 0 aliphatic rings. The normalized spacial score (nSPS) is 11.7. The van der Waals surface area contributed by atoms with Crippen LogP contribution in [0.15, 0.2) is 64.6 Å². The molecule has 198 valence electrons. The van der Waals surface area contributed by atoms with Crippen LogP contribution in [0.1, 0.15) is 16.7 Å². The van der Waals surface area contributed by atoms with Gasteiger partial charge in [-0.1, -0.05) is 0 Å².